The molecule has 2 bridgehead atoms. The molecule has 1 heterocycles. The van der Waals surface area contributed by atoms with E-state index in [4.69, 9.17) is 4.74 Å². The molecule has 0 amide bonds. The van der Waals surface area contributed by atoms with Crippen LogP contribution in [0.5, 0.6) is 0 Å². The number of aliphatic hydroxyl groups excluding tert-OH is 2. The van der Waals surface area contributed by atoms with Crippen molar-refractivity contribution in [2.24, 2.45) is 40.4 Å². The zero-order valence-electron chi connectivity index (χ0n) is 24.9. The molecule has 2 fully saturated rings. The number of fused-ring (bicyclic) bond motifs is 4. The number of allylic oxidation sites excluding steroid dienone is 6. The van der Waals surface area contributed by atoms with Crippen LogP contribution in [0.1, 0.15) is 87.5 Å². The number of aliphatic hydroxyl groups is 2. The number of esters is 1. The molecule has 1 aliphatic heterocycles. The van der Waals surface area contributed by atoms with Crippen molar-refractivity contribution in [3.8, 4) is 0 Å². The van der Waals surface area contributed by atoms with Gasteiger partial charge in [-0.3, -0.25) is 4.79 Å². The number of hydrogen-bond donors (Lipinski definition) is 2. The highest BCUT2D eigenvalue weighted by molar-refractivity contribution is 6.26. The lowest BCUT2D eigenvalue weighted by molar-refractivity contribution is -0.162. The molecule has 2 N–H and O–H groups in total. The molecular formula is C34H46O5. The maximum absolute atomic E-state index is 14.6. The molecular weight excluding hydrogens is 488 g/mol. The summed E-state index contributed by atoms with van der Waals surface area (Å²) in [5.74, 6) is -1.51. The average molecular weight is 535 g/mol. The summed E-state index contributed by atoms with van der Waals surface area (Å²) >= 11 is 0. The monoisotopic (exact) mass is 534 g/mol. The molecule has 4 aliphatic carbocycles. The van der Waals surface area contributed by atoms with Crippen LogP contribution in [-0.2, 0) is 14.3 Å². The lowest BCUT2D eigenvalue weighted by Crippen LogP contribution is -2.54. The zero-order valence-corrected chi connectivity index (χ0v) is 24.9. The average Bonchev–Trinajstić information content (AvgIpc) is 3.09. The summed E-state index contributed by atoms with van der Waals surface area (Å²) in [6.45, 7) is 16.6. The zero-order chi connectivity index (χ0) is 28.7. The molecule has 0 aromatic carbocycles. The first-order valence-corrected chi connectivity index (χ1v) is 14.8. The summed E-state index contributed by atoms with van der Waals surface area (Å²) in [4.78, 5) is 28.4. The second kappa shape index (κ2) is 9.33. The Morgan fingerprint density at radius 3 is 2.36 bits per heavy atom. The lowest BCUT2D eigenvalue weighted by atomic mass is 9.49. The molecule has 39 heavy (non-hydrogen) atoms. The van der Waals surface area contributed by atoms with E-state index in [2.05, 4.69) is 65.8 Å². The number of ketones is 1. The summed E-state index contributed by atoms with van der Waals surface area (Å²) in [5, 5.41) is 23.5. The number of carbonyl (C=O) groups excluding carboxylic acids is 2. The van der Waals surface area contributed by atoms with E-state index in [9.17, 15) is 19.8 Å². The van der Waals surface area contributed by atoms with E-state index in [1.807, 2.05) is 13.8 Å². The van der Waals surface area contributed by atoms with Crippen molar-refractivity contribution in [1.29, 1.82) is 0 Å². The van der Waals surface area contributed by atoms with Crippen molar-refractivity contribution in [2.45, 2.75) is 99.2 Å². The highest BCUT2D eigenvalue weighted by atomic mass is 16.6. The van der Waals surface area contributed by atoms with Gasteiger partial charge < -0.3 is 14.9 Å². The maximum atomic E-state index is 14.6. The predicted molar refractivity (Wildman–Crippen MR) is 153 cm³/mol. The standard InChI is InChI=1S/C34H46O5/c1-18-10-9-11-19(2)27-21(4)14-24-25(35)13-12-20(3)28(24)33(27,8)29(36)26-30(37)34(39-31(26)38)17-23(6)22(5)16-32(34,7)15-18/h11,14-16,20,23-25,27-28,35-36H,9-10,12-13,17H2,1-8H3/b18-15+,19-11+,29-26?/t20-,23+,24+,25+,27+,28-,32-,33+,34+/m0/s1. The Balaban J connectivity index is 1.82. The molecule has 1 saturated heterocycles. The van der Waals surface area contributed by atoms with E-state index in [1.54, 1.807) is 0 Å². The Morgan fingerprint density at radius 2 is 1.67 bits per heavy atom. The molecule has 0 radical (unpaired) electrons. The Labute approximate surface area is 233 Å². The van der Waals surface area contributed by atoms with E-state index in [0.29, 0.717) is 12.8 Å². The third kappa shape index (κ3) is 3.89. The second-order valence-corrected chi connectivity index (χ2v) is 13.9. The highest BCUT2D eigenvalue weighted by Crippen LogP contribution is 2.62. The van der Waals surface area contributed by atoms with E-state index < -0.39 is 34.3 Å². The second-order valence-electron chi connectivity index (χ2n) is 13.9. The Morgan fingerprint density at radius 1 is 0.974 bits per heavy atom. The third-order valence-corrected chi connectivity index (χ3v) is 11.2. The molecule has 5 aliphatic rings. The molecule has 5 rings (SSSR count). The normalized spacial score (nSPS) is 47.4. The quantitative estimate of drug-likeness (QED) is 0.200. The number of rotatable bonds is 0. The summed E-state index contributed by atoms with van der Waals surface area (Å²) in [5.41, 5.74) is 1.15. The van der Waals surface area contributed by atoms with Crippen LogP contribution in [0.3, 0.4) is 0 Å². The van der Waals surface area contributed by atoms with Crippen LogP contribution in [0.2, 0.25) is 0 Å². The van der Waals surface area contributed by atoms with Crippen LogP contribution in [0.15, 0.2) is 57.9 Å². The molecule has 0 aromatic rings. The smallest absolute Gasteiger partial charge is 0.346 e. The van der Waals surface area contributed by atoms with Crippen molar-refractivity contribution in [3.05, 3.63) is 57.9 Å². The molecule has 0 unspecified atom stereocenters. The molecule has 5 heteroatoms. The first kappa shape index (κ1) is 28.1. The van der Waals surface area contributed by atoms with E-state index in [0.717, 1.165) is 36.0 Å². The van der Waals surface area contributed by atoms with Crippen LogP contribution in [0.4, 0.5) is 0 Å². The van der Waals surface area contributed by atoms with Crippen molar-refractivity contribution in [1.82, 2.24) is 0 Å². The SMILES string of the molecule is CC1=C[C@]2(C)/C=C(\C)CC/C=C(\C)[C@@H]3C(C)=C[C@H]4[C@H]([C@@H](C)CC[C@H]4O)[C@]3(C)C(O)=C3C(=O)O[C@]2(C[C@H]1C)C3=O. The Bertz CT molecular complexity index is 1260. The van der Waals surface area contributed by atoms with Crippen LogP contribution >= 0.6 is 0 Å². The first-order chi connectivity index (χ1) is 18.2. The van der Waals surface area contributed by atoms with Gasteiger partial charge >= 0.3 is 5.97 Å². The van der Waals surface area contributed by atoms with Crippen molar-refractivity contribution in [2.75, 3.05) is 0 Å². The third-order valence-electron chi connectivity index (χ3n) is 11.2. The van der Waals surface area contributed by atoms with Crippen molar-refractivity contribution in [3.63, 3.8) is 0 Å². The van der Waals surface area contributed by atoms with Gasteiger partial charge in [-0.1, -0.05) is 67.4 Å². The summed E-state index contributed by atoms with van der Waals surface area (Å²) in [6.07, 6.45) is 11.7. The fourth-order valence-electron chi connectivity index (χ4n) is 9.27. The molecule has 5 nitrogen and oxygen atoms in total. The predicted octanol–water partition coefficient (Wildman–Crippen LogP) is 6.95. The largest absolute Gasteiger partial charge is 0.511 e. The summed E-state index contributed by atoms with van der Waals surface area (Å²) in [6, 6.07) is 0. The van der Waals surface area contributed by atoms with Crippen LogP contribution in [-0.4, -0.2) is 33.7 Å². The van der Waals surface area contributed by atoms with Gasteiger partial charge in [-0.05, 0) is 78.1 Å². The minimum atomic E-state index is -1.40. The van der Waals surface area contributed by atoms with Gasteiger partial charge in [0.25, 0.3) is 0 Å². The van der Waals surface area contributed by atoms with Gasteiger partial charge in [0.1, 0.15) is 11.3 Å². The summed E-state index contributed by atoms with van der Waals surface area (Å²) in [7, 11) is 0. The molecule has 0 aromatic heterocycles. The molecule has 212 valence electrons. The number of Topliss-reactive ketones (excluding diaryl/α,β-unsaturated/α-hetero) is 1. The van der Waals surface area contributed by atoms with E-state index in [1.165, 1.54) is 5.57 Å². The van der Waals surface area contributed by atoms with Crippen LogP contribution in [0, 0.1) is 40.4 Å². The fourth-order valence-corrected chi connectivity index (χ4v) is 9.27. The van der Waals surface area contributed by atoms with Gasteiger partial charge in [-0.15, -0.1) is 0 Å². The molecule has 9 atom stereocenters. The number of ether oxygens (including phenoxy) is 1. The lowest BCUT2D eigenvalue weighted by Gasteiger charge is -2.55. The van der Waals surface area contributed by atoms with Gasteiger partial charge in [0.2, 0.25) is 5.78 Å². The fraction of sp³-hybridized carbons (Fsp3) is 0.647. The van der Waals surface area contributed by atoms with Gasteiger partial charge in [-0.25, -0.2) is 4.79 Å². The Hall–Kier alpha value is -2.40. The first-order valence-electron chi connectivity index (χ1n) is 14.8. The van der Waals surface area contributed by atoms with Crippen molar-refractivity contribution >= 4 is 11.8 Å². The Kier molecular flexibility index (Phi) is 6.73. The van der Waals surface area contributed by atoms with Gasteiger partial charge in [0, 0.05) is 23.7 Å². The molecule has 1 spiro atoms. The van der Waals surface area contributed by atoms with Gasteiger partial charge in [-0.2, -0.15) is 0 Å². The summed E-state index contributed by atoms with van der Waals surface area (Å²) < 4.78 is 6.20. The highest BCUT2D eigenvalue weighted by Gasteiger charge is 2.66. The number of hydrogen-bond acceptors (Lipinski definition) is 5. The van der Waals surface area contributed by atoms with E-state index in [-0.39, 0.29) is 40.9 Å². The maximum Gasteiger partial charge on any atom is 0.346 e. The van der Waals surface area contributed by atoms with Gasteiger partial charge in [0.05, 0.1) is 11.5 Å². The minimum Gasteiger partial charge on any atom is -0.511 e. The van der Waals surface area contributed by atoms with Crippen molar-refractivity contribution < 1.29 is 24.5 Å². The van der Waals surface area contributed by atoms with E-state index >= 15 is 0 Å². The molecule has 1 saturated carbocycles. The number of carbonyl (C=O) groups is 2. The van der Waals surface area contributed by atoms with Crippen LogP contribution < -0.4 is 0 Å². The van der Waals surface area contributed by atoms with Crippen LogP contribution in [0.25, 0.3) is 0 Å². The van der Waals surface area contributed by atoms with Gasteiger partial charge in [0.15, 0.2) is 5.60 Å². The minimum absolute atomic E-state index is 0.0608. The topological polar surface area (TPSA) is 83.8 Å².